The van der Waals surface area contributed by atoms with E-state index in [9.17, 15) is 9.90 Å². The van der Waals surface area contributed by atoms with E-state index in [1.165, 1.54) is 6.07 Å². The molecule has 0 atom stereocenters. The highest BCUT2D eigenvalue weighted by Crippen LogP contribution is 2.18. The Hall–Kier alpha value is -1.55. The molecule has 0 aromatic heterocycles. The summed E-state index contributed by atoms with van der Waals surface area (Å²) in [6.07, 6.45) is 0. The Morgan fingerprint density at radius 3 is 2.69 bits per heavy atom. The van der Waals surface area contributed by atoms with Gasteiger partial charge in [-0.25, -0.2) is 0 Å². The van der Waals surface area contributed by atoms with Gasteiger partial charge in [-0.2, -0.15) is 0 Å². The predicted molar refractivity (Wildman–Crippen MR) is 59.6 cm³/mol. The molecule has 4 heteroatoms. The number of benzene rings is 1. The Morgan fingerprint density at radius 1 is 1.38 bits per heavy atom. The van der Waals surface area contributed by atoms with Crippen LogP contribution in [-0.4, -0.2) is 42.2 Å². The molecule has 0 radical (unpaired) electrons. The molecule has 1 aliphatic heterocycles. The van der Waals surface area contributed by atoms with Crippen molar-refractivity contribution < 1.29 is 14.6 Å². The molecule has 4 nitrogen and oxygen atoms in total. The summed E-state index contributed by atoms with van der Waals surface area (Å²) >= 11 is 0. The van der Waals surface area contributed by atoms with Gasteiger partial charge in [-0.15, -0.1) is 0 Å². The highest BCUT2D eigenvalue weighted by atomic mass is 16.5. The Kier molecular flexibility index (Phi) is 3.10. The first-order valence-electron chi connectivity index (χ1n) is 5.35. The monoisotopic (exact) mass is 221 g/mol. The zero-order chi connectivity index (χ0) is 11.5. The van der Waals surface area contributed by atoms with E-state index in [4.69, 9.17) is 4.74 Å². The van der Waals surface area contributed by atoms with Gasteiger partial charge in [-0.1, -0.05) is 6.07 Å². The van der Waals surface area contributed by atoms with Gasteiger partial charge in [0.25, 0.3) is 5.91 Å². The number of morpholine rings is 1. The molecule has 1 heterocycles. The van der Waals surface area contributed by atoms with Crippen molar-refractivity contribution >= 4 is 5.91 Å². The third kappa shape index (κ3) is 2.17. The summed E-state index contributed by atoms with van der Waals surface area (Å²) in [5.74, 6) is 0.123. The molecule has 0 saturated carbocycles. The van der Waals surface area contributed by atoms with Gasteiger partial charge in [0.15, 0.2) is 0 Å². The van der Waals surface area contributed by atoms with E-state index in [0.29, 0.717) is 31.9 Å². The summed E-state index contributed by atoms with van der Waals surface area (Å²) in [6.45, 7) is 4.21. The molecule has 86 valence electrons. The highest BCUT2D eigenvalue weighted by molar-refractivity contribution is 5.94. The molecule has 2 rings (SSSR count). The minimum Gasteiger partial charge on any atom is -0.508 e. The van der Waals surface area contributed by atoms with Crippen LogP contribution in [0, 0.1) is 6.92 Å². The lowest BCUT2D eigenvalue weighted by molar-refractivity contribution is 0.0302. The summed E-state index contributed by atoms with van der Waals surface area (Å²) in [5, 5.41) is 9.55. The largest absolute Gasteiger partial charge is 0.508 e. The normalized spacial score (nSPS) is 16.2. The van der Waals surface area contributed by atoms with Crippen molar-refractivity contribution in [3.05, 3.63) is 29.3 Å². The number of hydrogen-bond donors (Lipinski definition) is 1. The average molecular weight is 221 g/mol. The molecule has 0 unspecified atom stereocenters. The summed E-state index contributed by atoms with van der Waals surface area (Å²) in [4.78, 5) is 13.8. The number of nitrogens with zero attached hydrogens (tertiary/aromatic N) is 1. The number of phenolic OH excluding ortho intramolecular Hbond substituents is 1. The molecule has 1 N–H and O–H groups in total. The minimum absolute atomic E-state index is 0.0430. The third-order valence-electron chi connectivity index (χ3n) is 2.75. The molecular weight excluding hydrogens is 206 g/mol. The molecular formula is C12H15NO3. The number of rotatable bonds is 1. The van der Waals surface area contributed by atoms with E-state index in [1.807, 2.05) is 0 Å². The maximum Gasteiger partial charge on any atom is 0.254 e. The summed E-state index contributed by atoms with van der Waals surface area (Å²) < 4.78 is 5.19. The van der Waals surface area contributed by atoms with Gasteiger partial charge in [-0.3, -0.25) is 4.79 Å². The number of ether oxygens (including phenoxy) is 1. The van der Waals surface area contributed by atoms with Gasteiger partial charge in [-0.05, 0) is 24.6 Å². The number of aromatic hydroxyl groups is 1. The molecule has 0 spiro atoms. The second kappa shape index (κ2) is 4.53. The number of carbonyl (C=O) groups is 1. The van der Waals surface area contributed by atoms with Gasteiger partial charge in [0, 0.05) is 18.7 Å². The van der Waals surface area contributed by atoms with Crippen LogP contribution in [-0.2, 0) is 4.74 Å². The van der Waals surface area contributed by atoms with Crippen LogP contribution >= 0.6 is 0 Å². The number of amides is 1. The van der Waals surface area contributed by atoms with Crippen LogP contribution in [0.3, 0.4) is 0 Å². The molecule has 1 aliphatic rings. The van der Waals surface area contributed by atoms with E-state index < -0.39 is 0 Å². The maximum absolute atomic E-state index is 12.0. The third-order valence-corrected chi connectivity index (χ3v) is 2.75. The van der Waals surface area contributed by atoms with E-state index >= 15 is 0 Å². The van der Waals surface area contributed by atoms with Crippen LogP contribution in [0.2, 0.25) is 0 Å². The standard InChI is InChI=1S/C12H15NO3/c1-9-2-3-10(8-11(9)14)12(15)13-4-6-16-7-5-13/h2-3,8,14H,4-7H2,1H3. The van der Waals surface area contributed by atoms with Gasteiger partial charge in [0.05, 0.1) is 13.2 Å². The molecule has 1 aromatic rings. The quantitative estimate of drug-likeness (QED) is 0.774. The molecule has 0 bridgehead atoms. The van der Waals surface area contributed by atoms with Crippen molar-refractivity contribution in [2.45, 2.75) is 6.92 Å². The van der Waals surface area contributed by atoms with Crippen LogP contribution in [0.25, 0.3) is 0 Å². The summed E-state index contributed by atoms with van der Waals surface area (Å²) in [6, 6.07) is 5.02. The van der Waals surface area contributed by atoms with Crippen molar-refractivity contribution in [3.63, 3.8) is 0 Å². The number of aryl methyl sites for hydroxylation is 1. The van der Waals surface area contributed by atoms with Crippen molar-refractivity contribution in [3.8, 4) is 5.75 Å². The smallest absolute Gasteiger partial charge is 0.254 e. The Balaban J connectivity index is 2.16. The molecule has 0 aliphatic carbocycles. The van der Waals surface area contributed by atoms with Gasteiger partial charge in [0.2, 0.25) is 0 Å². The van der Waals surface area contributed by atoms with Gasteiger partial charge < -0.3 is 14.7 Å². The van der Waals surface area contributed by atoms with Crippen LogP contribution < -0.4 is 0 Å². The zero-order valence-corrected chi connectivity index (χ0v) is 9.27. The second-order valence-electron chi connectivity index (χ2n) is 3.91. The molecule has 1 aromatic carbocycles. The fourth-order valence-electron chi connectivity index (χ4n) is 1.69. The predicted octanol–water partition coefficient (Wildman–Crippen LogP) is 1.17. The number of phenols is 1. The molecule has 16 heavy (non-hydrogen) atoms. The SMILES string of the molecule is Cc1ccc(C(=O)N2CCOCC2)cc1O. The Labute approximate surface area is 94.4 Å². The van der Waals surface area contributed by atoms with Crippen molar-refractivity contribution in [2.24, 2.45) is 0 Å². The van der Waals surface area contributed by atoms with E-state index in [2.05, 4.69) is 0 Å². The zero-order valence-electron chi connectivity index (χ0n) is 9.27. The lowest BCUT2D eigenvalue weighted by Gasteiger charge is -2.26. The number of carbonyl (C=O) groups excluding carboxylic acids is 1. The first-order valence-corrected chi connectivity index (χ1v) is 5.35. The van der Waals surface area contributed by atoms with Crippen LogP contribution in [0.15, 0.2) is 18.2 Å². The topological polar surface area (TPSA) is 49.8 Å². The lowest BCUT2D eigenvalue weighted by atomic mass is 10.1. The van der Waals surface area contributed by atoms with Crippen LogP contribution in [0.4, 0.5) is 0 Å². The van der Waals surface area contributed by atoms with Gasteiger partial charge >= 0.3 is 0 Å². The van der Waals surface area contributed by atoms with E-state index in [-0.39, 0.29) is 11.7 Å². The molecule has 1 fully saturated rings. The summed E-state index contributed by atoms with van der Waals surface area (Å²) in [5.41, 5.74) is 1.31. The lowest BCUT2D eigenvalue weighted by Crippen LogP contribution is -2.40. The molecule has 1 amide bonds. The minimum atomic E-state index is -0.0430. The van der Waals surface area contributed by atoms with Crippen LogP contribution in [0.1, 0.15) is 15.9 Å². The Bertz CT molecular complexity index is 397. The highest BCUT2D eigenvalue weighted by Gasteiger charge is 2.18. The second-order valence-corrected chi connectivity index (χ2v) is 3.91. The van der Waals surface area contributed by atoms with Crippen LogP contribution in [0.5, 0.6) is 5.75 Å². The first kappa shape index (κ1) is 11.0. The first-order chi connectivity index (χ1) is 7.68. The van der Waals surface area contributed by atoms with E-state index in [1.54, 1.807) is 24.0 Å². The fraction of sp³-hybridized carbons (Fsp3) is 0.417. The van der Waals surface area contributed by atoms with E-state index in [0.717, 1.165) is 5.56 Å². The molecule has 1 saturated heterocycles. The van der Waals surface area contributed by atoms with Crippen molar-refractivity contribution in [1.29, 1.82) is 0 Å². The average Bonchev–Trinajstić information content (AvgIpc) is 2.33. The summed E-state index contributed by atoms with van der Waals surface area (Å²) in [7, 11) is 0. The van der Waals surface area contributed by atoms with Gasteiger partial charge in [0.1, 0.15) is 5.75 Å². The Morgan fingerprint density at radius 2 is 2.06 bits per heavy atom. The fourth-order valence-corrected chi connectivity index (χ4v) is 1.69. The number of hydrogen-bond acceptors (Lipinski definition) is 3. The van der Waals surface area contributed by atoms with Crippen molar-refractivity contribution in [1.82, 2.24) is 4.90 Å². The maximum atomic E-state index is 12.0. The van der Waals surface area contributed by atoms with Crippen molar-refractivity contribution in [2.75, 3.05) is 26.3 Å².